The molecule has 0 unspecified atom stereocenters. The maximum absolute atomic E-state index is 13.7. The van der Waals surface area contributed by atoms with Crippen LogP contribution in [0, 0.1) is 0 Å². The molecule has 3 aromatic heterocycles. The summed E-state index contributed by atoms with van der Waals surface area (Å²) in [6, 6.07) is 21.7. The molecule has 5 rings (SSSR count). The van der Waals surface area contributed by atoms with Gasteiger partial charge in [0.15, 0.2) is 5.82 Å². The third kappa shape index (κ3) is 6.86. The molecule has 0 saturated heterocycles. The maximum atomic E-state index is 13.7. The van der Waals surface area contributed by atoms with E-state index in [0.717, 1.165) is 47.3 Å². The minimum Gasteiger partial charge on any atom is -0.475 e. The lowest BCUT2D eigenvalue weighted by Crippen LogP contribution is -2.22. The Morgan fingerprint density at radius 2 is 1.79 bits per heavy atom. The number of aromatic nitrogens is 4. The highest BCUT2D eigenvalue weighted by Gasteiger charge is 2.18. The molecule has 1 amide bonds. The van der Waals surface area contributed by atoms with Gasteiger partial charge in [-0.25, -0.2) is 4.98 Å². The van der Waals surface area contributed by atoms with E-state index in [2.05, 4.69) is 28.4 Å². The zero-order valence-electron chi connectivity index (χ0n) is 25.3. The van der Waals surface area contributed by atoms with Crippen LogP contribution in [0.3, 0.4) is 0 Å². The van der Waals surface area contributed by atoms with Crippen LogP contribution < -0.4 is 27.1 Å². The first-order chi connectivity index (χ1) is 20.7. The van der Waals surface area contributed by atoms with Gasteiger partial charge in [0.05, 0.1) is 11.5 Å². The number of nitrogens with zero attached hydrogens (tertiary/aromatic N) is 4. The van der Waals surface area contributed by atoms with Crippen molar-refractivity contribution in [3.63, 3.8) is 0 Å². The van der Waals surface area contributed by atoms with Crippen LogP contribution in [0.25, 0.3) is 27.6 Å². The number of nitrogens with one attached hydrogen (secondary N) is 1. The third-order valence-corrected chi connectivity index (χ3v) is 6.77. The van der Waals surface area contributed by atoms with E-state index in [-0.39, 0.29) is 23.0 Å². The van der Waals surface area contributed by atoms with E-state index in [9.17, 15) is 9.59 Å². The molecule has 2 aromatic carbocycles. The SMILES string of the molecule is CCCNc1c(C(N)=O)c(N)nn1C.CCc1cc2cccc(-c3ccnc(OC(C)C)c3)c2c(=O)n1-c1ccccc1. The number of ether oxygens (including phenoxy) is 1. The average molecular weight is 582 g/mol. The van der Waals surface area contributed by atoms with Crippen LogP contribution in [0.5, 0.6) is 5.88 Å². The normalized spacial score (nSPS) is 10.8. The van der Waals surface area contributed by atoms with Crippen LogP contribution >= 0.6 is 0 Å². The molecule has 0 aliphatic heterocycles. The molecular weight excluding hydrogens is 542 g/mol. The van der Waals surface area contributed by atoms with Crippen molar-refractivity contribution in [3.05, 3.63) is 94.5 Å². The van der Waals surface area contributed by atoms with E-state index in [1.54, 1.807) is 13.2 Å². The fourth-order valence-corrected chi connectivity index (χ4v) is 4.89. The number of pyridine rings is 2. The predicted molar refractivity (Wildman–Crippen MR) is 173 cm³/mol. The second-order valence-electron chi connectivity index (χ2n) is 10.3. The molecule has 0 aliphatic carbocycles. The first-order valence-corrected chi connectivity index (χ1v) is 14.4. The van der Waals surface area contributed by atoms with Crippen LogP contribution in [0.15, 0.2) is 77.7 Å². The zero-order chi connectivity index (χ0) is 31.1. The maximum Gasteiger partial charge on any atom is 0.263 e. The molecule has 0 aliphatic rings. The first kappa shape index (κ1) is 30.8. The largest absolute Gasteiger partial charge is 0.475 e. The van der Waals surface area contributed by atoms with Gasteiger partial charge in [-0.15, -0.1) is 0 Å². The van der Waals surface area contributed by atoms with Gasteiger partial charge < -0.3 is 21.5 Å². The van der Waals surface area contributed by atoms with E-state index < -0.39 is 5.91 Å². The molecule has 0 radical (unpaired) electrons. The second-order valence-corrected chi connectivity index (χ2v) is 10.3. The Balaban J connectivity index is 0.000000255. The zero-order valence-corrected chi connectivity index (χ0v) is 25.3. The number of carbonyl (C=O) groups is 1. The summed E-state index contributed by atoms with van der Waals surface area (Å²) in [6.07, 6.45) is 3.48. The number of primary amides is 1. The number of fused-ring (bicyclic) bond motifs is 1. The number of amides is 1. The van der Waals surface area contributed by atoms with Crippen LogP contribution in [0.2, 0.25) is 0 Å². The quantitative estimate of drug-likeness (QED) is 0.214. The van der Waals surface area contributed by atoms with Crippen molar-refractivity contribution < 1.29 is 9.53 Å². The van der Waals surface area contributed by atoms with E-state index >= 15 is 0 Å². The van der Waals surface area contributed by atoms with Crippen molar-refractivity contribution in [3.8, 4) is 22.7 Å². The minimum absolute atomic E-state index is 0.00992. The number of aryl methyl sites for hydroxylation is 2. The van der Waals surface area contributed by atoms with Gasteiger partial charge in [-0.1, -0.05) is 50.2 Å². The lowest BCUT2D eigenvalue weighted by atomic mass is 9.99. The molecular formula is C33H39N7O3. The van der Waals surface area contributed by atoms with Gasteiger partial charge in [-0.05, 0) is 67.5 Å². The lowest BCUT2D eigenvalue weighted by molar-refractivity contribution is 0.100. The van der Waals surface area contributed by atoms with Gasteiger partial charge in [0, 0.05) is 37.2 Å². The number of hydrogen-bond donors (Lipinski definition) is 3. The predicted octanol–water partition coefficient (Wildman–Crippen LogP) is 5.33. The van der Waals surface area contributed by atoms with Crippen LogP contribution in [0.1, 0.15) is 50.2 Å². The van der Waals surface area contributed by atoms with E-state index in [1.807, 2.05) is 86.0 Å². The number of para-hydroxylation sites is 1. The highest BCUT2D eigenvalue weighted by atomic mass is 16.5. The monoisotopic (exact) mass is 581 g/mol. The van der Waals surface area contributed by atoms with Crippen LogP contribution in [-0.4, -0.2) is 37.9 Å². The van der Waals surface area contributed by atoms with Crippen molar-refractivity contribution in [2.75, 3.05) is 17.6 Å². The summed E-state index contributed by atoms with van der Waals surface area (Å²) >= 11 is 0. The molecule has 43 heavy (non-hydrogen) atoms. The molecule has 0 atom stereocenters. The van der Waals surface area contributed by atoms with Crippen LogP contribution in [0.4, 0.5) is 11.6 Å². The number of anilines is 2. The van der Waals surface area contributed by atoms with Crippen molar-refractivity contribution in [1.29, 1.82) is 0 Å². The van der Waals surface area contributed by atoms with E-state index in [1.165, 1.54) is 4.68 Å². The van der Waals surface area contributed by atoms with Gasteiger partial charge in [0.25, 0.3) is 11.5 Å². The highest BCUT2D eigenvalue weighted by Crippen LogP contribution is 2.29. The Labute approximate surface area is 251 Å². The Morgan fingerprint density at radius 1 is 1.05 bits per heavy atom. The summed E-state index contributed by atoms with van der Waals surface area (Å²) in [4.78, 5) is 29.0. The van der Waals surface area contributed by atoms with E-state index in [4.69, 9.17) is 16.2 Å². The van der Waals surface area contributed by atoms with Crippen molar-refractivity contribution in [1.82, 2.24) is 19.3 Å². The molecule has 0 bridgehead atoms. The van der Waals surface area contributed by atoms with Crippen molar-refractivity contribution in [2.45, 2.75) is 46.6 Å². The molecule has 224 valence electrons. The van der Waals surface area contributed by atoms with Gasteiger partial charge in [-0.2, -0.15) is 5.10 Å². The Hall–Kier alpha value is -5.12. The minimum atomic E-state index is -0.561. The van der Waals surface area contributed by atoms with Gasteiger partial charge in [0.2, 0.25) is 5.88 Å². The number of nitrogen functional groups attached to an aromatic ring is 1. The third-order valence-electron chi connectivity index (χ3n) is 6.77. The molecule has 5 aromatic rings. The molecule has 3 heterocycles. The molecule has 5 N–H and O–H groups in total. The highest BCUT2D eigenvalue weighted by molar-refractivity contribution is 6.02. The van der Waals surface area contributed by atoms with E-state index in [0.29, 0.717) is 17.1 Å². The second kappa shape index (κ2) is 13.7. The topological polar surface area (TPSA) is 143 Å². The molecule has 10 nitrogen and oxygen atoms in total. The standard InChI is InChI=1S/C25H24N2O2.C8H15N5O/c1-4-20-15-19-9-8-12-22(18-13-14-26-23(16-18)29-17(2)3)24(19)25(28)27(20)21-10-6-5-7-11-21;1-3-4-11-8-5(7(10)14)6(9)12-13(8)2/h5-17H,4H2,1-3H3;11H,3-4H2,1-2H3,(H2,9,12)(H2,10,14). The summed E-state index contributed by atoms with van der Waals surface area (Å²) in [7, 11) is 1.71. The van der Waals surface area contributed by atoms with Gasteiger partial charge >= 0.3 is 0 Å². The number of carbonyl (C=O) groups excluding carboxylic acids is 1. The summed E-state index contributed by atoms with van der Waals surface area (Å²) in [5, 5.41) is 8.62. The Morgan fingerprint density at radius 3 is 2.44 bits per heavy atom. The number of hydrogen-bond acceptors (Lipinski definition) is 7. The first-order valence-electron chi connectivity index (χ1n) is 14.4. The van der Waals surface area contributed by atoms with Gasteiger partial charge in [-0.3, -0.25) is 18.8 Å². The smallest absolute Gasteiger partial charge is 0.263 e. The summed E-state index contributed by atoms with van der Waals surface area (Å²) in [5.74, 6) is 0.743. The fraction of sp³-hybridized carbons (Fsp3) is 0.273. The molecule has 10 heteroatoms. The van der Waals surface area contributed by atoms with Crippen molar-refractivity contribution >= 4 is 28.3 Å². The van der Waals surface area contributed by atoms with Crippen LogP contribution in [-0.2, 0) is 13.5 Å². The lowest BCUT2D eigenvalue weighted by Gasteiger charge is -2.16. The Kier molecular flexibility index (Phi) is 9.82. The molecule has 0 fully saturated rings. The Bertz CT molecular complexity index is 1780. The number of benzene rings is 2. The van der Waals surface area contributed by atoms with Crippen molar-refractivity contribution in [2.24, 2.45) is 12.8 Å². The molecule has 0 saturated carbocycles. The summed E-state index contributed by atoms with van der Waals surface area (Å²) < 4.78 is 9.09. The fourth-order valence-electron chi connectivity index (χ4n) is 4.89. The average Bonchev–Trinajstić information content (AvgIpc) is 3.28. The summed E-state index contributed by atoms with van der Waals surface area (Å²) in [5.41, 5.74) is 14.7. The van der Waals surface area contributed by atoms with Gasteiger partial charge in [0.1, 0.15) is 11.4 Å². The summed E-state index contributed by atoms with van der Waals surface area (Å²) in [6.45, 7) is 8.78. The number of nitrogens with two attached hydrogens (primary N) is 2. The molecule has 0 spiro atoms. The number of rotatable bonds is 9.